The minimum atomic E-state index is -4.71. The number of hydrogen-bond donors (Lipinski definition) is 1. The van der Waals surface area contributed by atoms with Crippen LogP contribution in [0.15, 0.2) is 103 Å². The van der Waals surface area contributed by atoms with E-state index in [0.717, 1.165) is 33.5 Å². The van der Waals surface area contributed by atoms with E-state index in [-0.39, 0.29) is 23.6 Å². The third kappa shape index (κ3) is 6.89. The molecular weight excluding hydrogens is 566 g/mol. The summed E-state index contributed by atoms with van der Waals surface area (Å²) in [5.74, 6) is -2.18. The number of amides is 2. The zero-order chi connectivity index (χ0) is 30.4. The minimum Gasteiger partial charge on any atom is -0.350 e. The van der Waals surface area contributed by atoms with Crippen LogP contribution in [0.5, 0.6) is 0 Å². The fourth-order valence-electron chi connectivity index (χ4n) is 4.37. The highest BCUT2D eigenvalue weighted by Gasteiger charge is 2.36. The molecule has 3 aromatic carbocycles. The lowest BCUT2D eigenvalue weighted by atomic mass is 10.0. The van der Waals surface area contributed by atoms with E-state index in [1.807, 2.05) is 6.07 Å². The predicted molar refractivity (Wildman–Crippen MR) is 147 cm³/mol. The Morgan fingerprint density at radius 2 is 1.63 bits per heavy atom. The lowest BCUT2D eigenvalue weighted by Gasteiger charge is -2.31. The highest BCUT2D eigenvalue weighted by Crippen LogP contribution is 2.35. The van der Waals surface area contributed by atoms with Gasteiger partial charge in [0.2, 0.25) is 11.7 Å². The molecule has 0 aliphatic carbocycles. The van der Waals surface area contributed by atoms with E-state index < -0.39 is 42.0 Å². The fraction of sp³-hybridized carbons (Fsp3) is 0.133. The summed E-state index contributed by atoms with van der Waals surface area (Å²) in [6, 6.07) is 20.4. The summed E-state index contributed by atoms with van der Waals surface area (Å²) in [5, 5.41) is 14.5. The number of aromatic nitrogens is 5. The number of nitrogens with one attached hydrogen (secondary N) is 1. The Morgan fingerprint density at radius 1 is 0.907 bits per heavy atom. The van der Waals surface area contributed by atoms with Gasteiger partial charge in [0.25, 0.3) is 5.91 Å². The van der Waals surface area contributed by atoms with E-state index in [0.29, 0.717) is 5.56 Å². The molecule has 0 saturated heterocycles. The first-order chi connectivity index (χ1) is 20.7. The molecule has 1 atom stereocenters. The number of rotatable bonds is 9. The van der Waals surface area contributed by atoms with Gasteiger partial charge < -0.3 is 5.32 Å². The zero-order valence-electron chi connectivity index (χ0n) is 22.3. The lowest BCUT2D eigenvalue weighted by Crippen LogP contribution is -2.45. The molecule has 1 N–H and O–H groups in total. The molecule has 0 aliphatic heterocycles. The Bertz CT molecular complexity index is 1710. The van der Waals surface area contributed by atoms with Gasteiger partial charge in [-0.25, -0.2) is 4.39 Å². The molecule has 0 spiro atoms. The standard InChI is InChI=1S/C30H23F4N7O2/c31-25-12-5-4-11-24(25)28-37-39-40(38-28)19-26(42)41(23-10-6-9-22(17-23)30(32,33)34)27(21-13-15-35-16-14-21)29(43)36-18-20-7-2-1-3-8-20/h1-17,27H,18-19H2,(H,36,43). The number of pyridine rings is 1. The minimum absolute atomic E-state index is 0.0471. The number of alkyl halides is 3. The summed E-state index contributed by atoms with van der Waals surface area (Å²) >= 11 is 0. The fourth-order valence-corrected chi connectivity index (χ4v) is 4.37. The van der Waals surface area contributed by atoms with Crippen LogP contribution in [0.2, 0.25) is 0 Å². The van der Waals surface area contributed by atoms with Crippen LogP contribution in [-0.4, -0.2) is 37.0 Å². The molecule has 2 aromatic heterocycles. The molecule has 218 valence electrons. The van der Waals surface area contributed by atoms with Crippen molar-refractivity contribution in [1.29, 1.82) is 0 Å². The van der Waals surface area contributed by atoms with Crippen molar-refractivity contribution in [2.24, 2.45) is 0 Å². The second kappa shape index (κ2) is 12.6. The van der Waals surface area contributed by atoms with Crippen molar-refractivity contribution in [3.63, 3.8) is 0 Å². The van der Waals surface area contributed by atoms with Crippen molar-refractivity contribution in [2.45, 2.75) is 25.3 Å². The Morgan fingerprint density at radius 3 is 2.35 bits per heavy atom. The predicted octanol–water partition coefficient (Wildman–Crippen LogP) is 4.98. The molecule has 2 heterocycles. The van der Waals surface area contributed by atoms with E-state index in [4.69, 9.17) is 0 Å². The van der Waals surface area contributed by atoms with Crippen LogP contribution in [0.25, 0.3) is 11.4 Å². The van der Waals surface area contributed by atoms with Gasteiger partial charge in [0.15, 0.2) is 0 Å². The molecule has 9 nitrogen and oxygen atoms in total. The molecule has 0 radical (unpaired) electrons. The maximum Gasteiger partial charge on any atom is 0.416 e. The Hall–Kier alpha value is -5.46. The van der Waals surface area contributed by atoms with Gasteiger partial charge in [-0.05, 0) is 58.8 Å². The van der Waals surface area contributed by atoms with Crippen molar-refractivity contribution in [1.82, 2.24) is 30.5 Å². The SMILES string of the molecule is O=C(NCc1ccccc1)C(c1ccncc1)N(C(=O)Cn1nnc(-c2ccccc2F)n1)c1cccc(C(F)(F)F)c1. The highest BCUT2D eigenvalue weighted by atomic mass is 19.4. The molecule has 1 unspecified atom stereocenters. The molecule has 0 aliphatic rings. The highest BCUT2D eigenvalue weighted by molar-refractivity contribution is 6.01. The van der Waals surface area contributed by atoms with Crippen molar-refractivity contribution >= 4 is 17.5 Å². The summed E-state index contributed by atoms with van der Waals surface area (Å²) in [7, 11) is 0. The van der Waals surface area contributed by atoms with E-state index in [1.165, 1.54) is 48.8 Å². The monoisotopic (exact) mass is 589 g/mol. The van der Waals surface area contributed by atoms with Crippen molar-refractivity contribution in [3.8, 4) is 11.4 Å². The average molecular weight is 590 g/mol. The summed E-state index contributed by atoms with van der Waals surface area (Å²) in [5.41, 5.74) is -0.0859. The first-order valence-electron chi connectivity index (χ1n) is 12.9. The van der Waals surface area contributed by atoms with Crippen molar-refractivity contribution < 1.29 is 27.2 Å². The maximum atomic E-state index is 14.3. The van der Waals surface area contributed by atoms with Crippen LogP contribution in [-0.2, 0) is 28.9 Å². The third-order valence-corrected chi connectivity index (χ3v) is 6.40. The van der Waals surface area contributed by atoms with E-state index in [2.05, 4.69) is 25.7 Å². The Labute approximate surface area is 242 Å². The first kappa shape index (κ1) is 29.0. The maximum absolute atomic E-state index is 14.3. The molecule has 13 heteroatoms. The van der Waals surface area contributed by atoms with Crippen molar-refractivity contribution in [3.05, 3.63) is 126 Å². The quantitative estimate of drug-likeness (QED) is 0.243. The molecule has 43 heavy (non-hydrogen) atoms. The van der Waals surface area contributed by atoms with Crippen LogP contribution >= 0.6 is 0 Å². The number of carbonyl (C=O) groups is 2. The van der Waals surface area contributed by atoms with E-state index in [9.17, 15) is 27.2 Å². The number of tetrazole rings is 1. The summed E-state index contributed by atoms with van der Waals surface area (Å²) in [6.07, 6.45) is -1.91. The number of hydrogen-bond acceptors (Lipinski definition) is 6. The number of anilines is 1. The number of halogens is 4. The second-order valence-electron chi connectivity index (χ2n) is 9.32. The van der Waals surface area contributed by atoms with Gasteiger partial charge >= 0.3 is 6.18 Å². The molecule has 0 bridgehead atoms. The number of carbonyl (C=O) groups excluding carboxylic acids is 2. The van der Waals surface area contributed by atoms with Crippen molar-refractivity contribution in [2.75, 3.05) is 4.90 Å². The average Bonchev–Trinajstić information content (AvgIpc) is 3.47. The van der Waals surface area contributed by atoms with Gasteiger partial charge in [-0.3, -0.25) is 19.5 Å². The van der Waals surface area contributed by atoms with Crippen LogP contribution in [0.1, 0.15) is 22.7 Å². The third-order valence-electron chi connectivity index (χ3n) is 6.40. The number of nitrogens with zero attached hydrogens (tertiary/aromatic N) is 6. The second-order valence-corrected chi connectivity index (χ2v) is 9.32. The van der Waals surface area contributed by atoms with Gasteiger partial charge in [-0.2, -0.15) is 18.0 Å². The summed E-state index contributed by atoms with van der Waals surface area (Å²) in [6.45, 7) is -0.520. The molecular formula is C30H23F4N7O2. The molecule has 5 rings (SSSR count). The lowest BCUT2D eigenvalue weighted by molar-refractivity contribution is -0.137. The molecule has 5 aromatic rings. The largest absolute Gasteiger partial charge is 0.416 e. The van der Waals surface area contributed by atoms with Gasteiger partial charge in [-0.15, -0.1) is 10.2 Å². The topological polar surface area (TPSA) is 106 Å². The van der Waals surface area contributed by atoms with Crippen LogP contribution < -0.4 is 10.2 Å². The van der Waals surface area contributed by atoms with Gasteiger partial charge in [0, 0.05) is 24.6 Å². The normalized spacial score (nSPS) is 12.0. The first-order valence-corrected chi connectivity index (χ1v) is 12.9. The summed E-state index contributed by atoms with van der Waals surface area (Å²) < 4.78 is 55.4. The van der Waals surface area contributed by atoms with Gasteiger partial charge in [0.1, 0.15) is 18.4 Å². The van der Waals surface area contributed by atoms with E-state index >= 15 is 0 Å². The molecule has 0 saturated carbocycles. The number of benzene rings is 3. The Balaban J connectivity index is 1.54. The summed E-state index contributed by atoms with van der Waals surface area (Å²) in [4.78, 5) is 33.5. The molecule has 2 amide bonds. The van der Waals surface area contributed by atoms with Gasteiger partial charge in [-0.1, -0.05) is 48.5 Å². The Kier molecular flexibility index (Phi) is 8.51. The van der Waals surface area contributed by atoms with Crippen LogP contribution in [0.3, 0.4) is 0 Å². The van der Waals surface area contributed by atoms with Crippen LogP contribution in [0.4, 0.5) is 23.2 Å². The smallest absolute Gasteiger partial charge is 0.350 e. The zero-order valence-corrected chi connectivity index (χ0v) is 22.3. The van der Waals surface area contributed by atoms with E-state index in [1.54, 1.807) is 30.3 Å². The van der Waals surface area contributed by atoms with Crippen LogP contribution in [0, 0.1) is 5.82 Å². The molecule has 0 fully saturated rings. The van der Waals surface area contributed by atoms with Gasteiger partial charge in [0.05, 0.1) is 11.1 Å².